The summed E-state index contributed by atoms with van der Waals surface area (Å²) in [5, 5.41) is 3.89. The predicted molar refractivity (Wildman–Crippen MR) is 127 cm³/mol. The van der Waals surface area contributed by atoms with Crippen LogP contribution >= 0.6 is 0 Å². The highest BCUT2D eigenvalue weighted by molar-refractivity contribution is 7.95. The number of H-pyrrole nitrogens is 1. The zero-order valence-electron chi connectivity index (χ0n) is 18.0. The number of aromatic amines is 1. The van der Waals surface area contributed by atoms with Crippen molar-refractivity contribution in [3.63, 3.8) is 0 Å². The molecule has 1 aliphatic carbocycles. The Kier molecular flexibility index (Phi) is 6.74. The number of para-hydroxylation sites is 1. The molecule has 1 unspecified atom stereocenters. The summed E-state index contributed by atoms with van der Waals surface area (Å²) in [7, 11) is -3.24. The van der Waals surface area contributed by atoms with Gasteiger partial charge in [0, 0.05) is 17.6 Å². The van der Waals surface area contributed by atoms with Gasteiger partial charge < -0.3 is 15.0 Å². The second kappa shape index (κ2) is 9.87. The van der Waals surface area contributed by atoms with Crippen molar-refractivity contribution in [1.82, 2.24) is 10.3 Å². The lowest BCUT2D eigenvalue weighted by Crippen LogP contribution is -2.31. The Morgan fingerprint density at radius 2 is 1.82 bits per heavy atom. The van der Waals surface area contributed by atoms with Gasteiger partial charge in [-0.3, -0.25) is 9.59 Å². The van der Waals surface area contributed by atoms with Crippen molar-refractivity contribution in [2.45, 2.75) is 30.6 Å². The molecule has 1 aromatic heterocycles. The number of carbonyl (C=O) groups is 1. The zero-order chi connectivity index (χ0) is 23.3. The Morgan fingerprint density at radius 1 is 1.06 bits per heavy atom. The van der Waals surface area contributed by atoms with E-state index >= 15 is 0 Å². The number of amides is 1. The fourth-order valence-electron chi connectivity index (χ4n) is 3.70. The van der Waals surface area contributed by atoms with Crippen molar-refractivity contribution < 1.29 is 13.7 Å². The number of aryl methyl sites for hydroxylation is 2. The Labute approximate surface area is 192 Å². The molecule has 1 amide bonds. The van der Waals surface area contributed by atoms with E-state index in [1.165, 1.54) is 11.5 Å². The summed E-state index contributed by atoms with van der Waals surface area (Å²) in [4.78, 5) is 27.8. The van der Waals surface area contributed by atoms with E-state index < -0.39 is 21.2 Å². The Bertz CT molecular complexity index is 1350. The standard InChI is InChI=1S/C25H25N3O4S/c26-33(31,21-12-6-11-20(17-21)32-19-9-2-1-3-10-19)15-7-14-27-24(29)22-16-18-8-4-5-13-23(18)28-25(22)30/h1-3,6-7,9-12,15-17,26H,4-5,8,13-14H2,(H,27,29)(H,28,30)/b15-7+. The van der Waals surface area contributed by atoms with Crippen LogP contribution in [0.1, 0.15) is 34.5 Å². The summed E-state index contributed by atoms with van der Waals surface area (Å²) in [6.45, 7) is 0.0471. The number of rotatable bonds is 7. The van der Waals surface area contributed by atoms with Gasteiger partial charge in [0.2, 0.25) is 0 Å². The van der Waals surface area contributed by atoms with E-state index in [0.29, 0.717) is 16.4 Å². The lowest BCUT2D eigenvalue weighted by Gasteiger charge is -2.15. The molecule has 0 bridgehead atoms. The van der Waals surface area contributed by atoms with Crippen LogP contribution in [0.15, 0.2) is 81.8 Å². The van der Waals surface area contributed by atoms with E-state index in [-0.39, 0.29) is 12.1 Å². The summed E-state index contributed by atoms with van der Waals surface area (Å²) in [5.41, 5.74) is 1.58. The summed E-state index contributed by atoms with van der Waals surface area (Å²) in [6.07, 6.45) is 5.21. The number of ether oxygens (including phenoxy) is 1. The Balaban J connectivity index is 1.40. The number of pyridine rings is 1. The van der Waals surface area contributed by atoms with Gasteiger partial charge in [-0.05, 0) is 67.6 Å². The zero-order valence-corrected chi connectivity index (χ0v) is 18.8. The molecule has 1 atom stereocenters. The van der Waals surface area contributed by atoms with Crippen LogP contribution < -0.4 is 15.6 Å². The normalized spacial score (nSPS) is 14.9. The molecular formula is C25H25N3O4S. The Morgan fingerprint density at radius 3 is 2.64 bits per heavy atom. The van der Waals surface area contributed by atoms with Gasteiger partial charge in [0.05, 0.1) is 14.6 Å². The molecule has 0 aliphatic heterocycles. The largest absolute Gasteiger partial charge is 0.457 e. The summed E-state index contributed by atoms with van der Waals surface area (Å²) < 4.78 is 26.9. The van der Waals surface area contributed by atoms with E-state index in [1.54, 1.807) is 42.5 Å². The van der Waals surface area contributed by atoms with Crippen LogP contribution in [0.5, 0.6) is 11.5 Å². The van der Waals surface area contributed by atoms with Crippen LogP contribution in [0, 0.1) is 4.78 Å². The number of nitrogens with one attached hydrogen (secondary N) is 3. The molecule has 3 N–H and O–H groups in total. The van der Waals surface area contributed by atoms with Crippen molar-refractivity contribution in [2.24, 2.45) is 0 Å². The van der Waals surface area contributed by atoms with E-state index in [1.807, 2.05) is 18.2 Å². The first kappa shape index (κ1) is 22.5. The lowest BCUT2D eigenvalue weighted by molar-refractivity contribution is 0.0956. The third kappa shape index (κ3) is 5.59. The molecule has 170 valence electrons. The molecule has 0 fully saturated rings. The van der Waals surface area contributed by atoms with E-state index in [4.69, 9.17) is 9.52 Å². The smallest absolute Gasteiger partial charge is 0.261 e. The average Bonchev–Trinajstić information content (AvgIpc) is 2.82. The van der Waals surface area contributed by atoms with Crippen molar-refractivity contribution >= 4 is 15.6 Å². The monoisotopic (exact) mass is 463 g/mol. The minimum atomic E-state index is -3.24. The van der Waals surface area contributed by atoms with Crippen molar-refractivity contribution in [3.8, 4) is 11.5 Å². The van der Waals surface area contributed by atoms with E-state index in [2.05, 4.69) is 10.3 Å². The van der Waals surface area contributed by atoms with Crippen LogP contribution in [0.3, 0.4) is 0 Å². The van der Waals surface area contributed by atoms with Crippen molar-refractivity contribution in [3.05, 3.63) is 99.3 Å². The van der Waals surface area contributed by atoms with Gasteiger partial charge >= 0.3 is 0 Å². The van der Waals surface area contributed by atoms with Gasteiger partial charge in [-0.15, -0.1) is 0 Å². The van der Waals surface area contributed by atoms with E-state index in [9.17, 15) is 13.8 Å². The first-order valence-electron chi connectivity index (χ1n) is 10.7. The fourth-order valence-corrected chi connectivity index (χ4v) is 4.80. The van der Waals surface area contributed by atoms with Crippen molar-refractivity contribution in [1.29, 1.82) is 4.78 Å². The van der Waals surface area contributed by atoms with Gasteiger partial charge in [0.15, 0.2) is 0 Å². The highest BCUT2D eigenvalue weighted by atomic mass is 32.2. The quantitative estimate of drug-likeness (QED) is 0.482. The Hall–Kier alpha value is -3.65. The third-order valence-electron chi connectivity index (χ3n) is 5.39. The summed E-state index contributed by atoms with van der Waals surface area (Å²) in [5.74, 6) is 0.623. The molecule has 4 rings (SSSR count). The fraction of sp³-hybridized carbons (Fsp3) is 0.200. The summed E-state index contributed by atoms with van der Waals surface area (Å²) >= 11 is 0. The molecule has 3 aromatic rings. The first-order chi connectivity index (χ1) is 15.9. The molecule has 1 heterocycles. The number of aromatic nitrogens is 1. The maximum absolute atomic E-state index is 12.9. The topological polar surface area (TPSA) is 112 Å². The van der Waals surface area contributed by atoms with Crippen LogP contribution in [-0.4, -0.2) is 21.6 Å². The van der Waals surface area contributed by atoms with E-state index in [0.717, 1.165) is 36.9 Å². The molecule has 0 saturated heterocycles. The molecule has 7 nitrogen and oxygen atoms in total. The van der Waals surface area contributed by atoms with Gasteiger partial charge in [-0.25, -0.2) is 8.99 Å². The highest BCUT2D eigenvalue weighted by Gasteiger charge is 2.16. The SMILES string of the molecule is N=S(=O)(/C=C/CNC(=O)c1cc2c([nH]c1=O)CCCC2)c1cccc(Oc2ccccc2)c1. The minimum absolute atomic E-state index is 0.0471. The number of benzene rings is 2. The molecular weight excluding hydrogens is 438 g/mol. The molecule has 0 spiro atoms. The number of hydrogen-bond acceptors (Lipinski definition) is 5. The molecule has 33 heavy (non-hydrogen) atoms. The molecule has 0 saturated carbocycles. The number of carbonyl (C=O) groups excluding carboxylic acids is 1. The maximum atomic E-state index is 12.9. The molecule has 2 aromatic carbocycles. The average molecular weight is 464 g/mol. The molecule has 0 radical (unpaired) electrons. The van der Waals surface area contributed by atoms with Crippen LogP contribution in [-0.2, 0) is 22.6 Å². The number of fused-ring (bicyclic) bond motifs is 1. The highest BCUT2D eigenvalue weighted by Crippen LogP contribution is 2.25. The van der Waals surface area contributed by atoms with Gasteiger partial charge in [0.25, 0.3) is 11.5 Å². The van der Waals surface area contributed by atoms with Gasteiger partial charge in [-0.1, -0.05) is 30.3 Å². The first-order valence-corrected chi connectivity index (χ1v) is 12.4. The molecule has 1 aliphatic rings. The second-order valence-electron chi connectivity index (χ2n) is 7.80. The third-order valence-corrected chi connectivity index (χ3v) is 6.92. The second-order valence-corrected chi connectivity index (χ2v) is 9.74. The lowest BCUT2D eigenvalue weighted by atomic mass is 9.95. The maximum Gasteiger partial charge on any atom is 0.261 e. The summed E-state index contributed by atoms with van der Waals surface area (Å²) in [6, 6.07) is 17.4. The van der Waals surface area contributed by atoms with Crippen LogP contribution in [0.4, 0.5) is 0 Å². The van der Waals surface area contributed by atoms with Gasteiger partial charge in [-0.2, -0.15) is 0 Å². The molecule has 8 heteroatoms. The van der Waals surface area contributed by atoms with Crippen molar-refractivity contribution in [2.75, 3.05) is 6.54 Å². The predicted octanol–water partition coefficient (Wildman–Crippen LogP) is 4.40. The van der Waals surface area contributed by atoms with Gasteiger partial charge in [0.1, 0.15) is 17.1 Å². The van der Waals surface area contributed by atoms with Crippen LogP contribution in [0.2, 0.25) is 0 Å². The minimum Gasteiger partial charge on any atom is -0.457 e. The van der Waals surface area contributed by atoms with Crippen LogP contribution in [0.25, 0.3) is 0 Å². The number of hydrogen-bond donors (Lipinski definition) is 3.